The molecule has 0 aliphatic heterocycles. The molecule has 104 valence electrons. The Morgan fingerprint density at radius 3 is 2.55 bits per heavy atom. The van der Waals surface area contributed by atoms with Crippen molar-refractivity contribution < 1.29 is 19.4 Å². The normalized spacial score (nSPS) is 10.1. The number of benzene rings is 2. The summed E-state index contributed by atoms with van der Waals surface area (Å²) in [6.45, 7) is 0. The molecule has 0 atom stereocenters. The summed E-state index contributed by atoms with van der Waals surface area (Å²) in [5.74, 6) is 0.441. The third-order valence-electron chi connectivity index (χ3n) is 2.62. The molecule has 0 amide bonds. The number of carbonyl (C=O) groups is 1. The van der Waals surface area contributed by atoms with Gasteiger partial charge in [-0.15, -0.1) is 0 Å². The summed E-state index contributed by atoms with van der Waals surface area (Å²) in [6.07, 6.45) is 0. The second-order valence-electron chi connectivity index (χ2n) is 3.96. The number of anilines is 1. The van der Waals surface area contributed by atoms with Gasteiger partial charge in [0.1, 0.15) is 11.5 Å². The molecule has 0 aromatic heterocycles. The molecule has 2 aromatic carbocycles. The molecule has 0 aliphatic carbocycles. The summed E-state index contributed by atoms with van der Waals surface area (Å²) >= 11 is 3.36. The van der Waals surface area contributed by atoms with Gasteiger partial charge in [-0.25, -0.2) is 4.79 Å². The molecule has 2 rings (SSSR count). The molecule has 6 heteroatoms. The van der Waals surface area contributed by atoms with Crippen molar-refractivity contribution >= 4 is 27.6 Å². The summed E-state index contributed by atoms with van der Waals surface area (Å²) in [5, 5.41) is 8.97. The fourth-order valence-electron chi connectivity index (χ4n) is 1.57. The lowest BCUT2D eigenvalue weighted by Crippen LogP contribution is -1.99. The topological polar surface area (TPSA) is 81.8 Å². The van der Waals surface area contributed by atoms with E-state index >= 15 is 0 Å². The minimum Gasteiger partial charge on any atom is -0.497 e. The zero-order chi connectivity index (χ0) is 14.7. The fraction of sp³-hybridized carbons (Fsp3) is 0.0714. The van der Waals surface area contributed by atoms with Crippen LogP contribution in [0.3, 0.4) is 0 Å². The summed E-state index contributed by atoms with van der Waals surface area (Å²) in [6, 6.07) is 9.48. The van der Waals surface area contributed by atoms with Gasteiger partial charge in [0.2, 0.25) is 0 Å². The lowest BCUT2D eigenvalue weighted by molar-refractivity contribution is 0.0696. The summed E-state index contributed by atoms with van der Waals surface area (Å²) in [4.78, 5) is 10.9. The third kappa shape index (κ3) is 3.03. The number of methoxy groups -OCH3 is 1. The van der Waals surface area contributed by atoms with Gasteiger partial charge in [-0.05, 0) is 52.3 Å². The fourth-order valence-corrected chi connectivity index (χ4v) is 2.00. The molecule has 0 saturated carbocycles. The van der Waals surface area contributed by atoms with Gasteiger partial charge in [0.25, 0.3) is 0 Å². The van der Waals surface area contributed by atoms with Crippen LogP contribution in [0, 0.1) is 0 Å². The van der Waals surface area contributed by atoms with Crippen molar-refractivity contribution in [2.75, 3.05) is 12.8 Å². The maximum absolute atomic E-state index is 10.9. The van der Waals surface area contributed by atoms with Gasteiger partial charge < -0.3 is 20.3 Å². The number of nitrogens with two attached hydrogens (primary N) is 1. The molecular formula is C14H12BrNO4. The van der Waals surface area contributed by atoms with Crippen molar-refractivity contribution in [1.29, 1.82) is 0 Å². The lowest BCUT2D eigenvalue weighted by atomic mass is 10.2. The van der Waals surface area contributed by atoms with Crippen molar-refractivity contribution in [3.05, 3.63) is 46.4 Å². The van der Waals surface area contributed by atoms with Crippen molar-refractivity contribution in [1.82, 2.24) is 0 Å². The van der Waals surface area contributed by atoms with Gasteiger partial charge in [-0.1, -0.05) is 0 Å². The van der Waals surface area contributed by atoms with E-state index in [-0.39, 0.29) is 11.3 Å². The Bertz CT molecular complexity index is 658. The zero-order valence-corrected chi connectivity index (χ0v) is 12.2. The predicted octanol–water partition coefficient (Wildman–Crippen LogP) is 3.53. The van der Waals surface area contributed by atoms with Gasteiger partial charge in [0.05, 0.1) is 22.8 Å². The van der Waals surface area contributed by atoms with Crippen molar-refractivity contribution in [3.8, 4) is 17.2 Å². The maximum Gasteiger partial charge on any atom is 0.335 e. The minimum atomic E-state index is -1.04. The number of rotatable bonds is 4. The second-order valence-corrected chi connectivity index (χ2v) is 4.81. The van der Waals surface area contributed by atoms with Crippen molar-refractivity contribution in [2.24, 2.45) is 0 Å². The number of aromatic carboxylic acids is 1. The zero-order valence-electron chi connectivity index (χ0n) is 10.6. The van der Waals surface area contributed by atoms with Crippen LogP contribution in [0.4, 0.5) is 5.69 Å². The first kappa shape index (κ1) is 14.2. The molecule has 0 unspecified atom stereocenters. The Balaban J connectivity index is 2.34. The van der Waals surface area contributed by atoms with Gasteiger partial charge in [-0.3, -0.25) is 0 Å². The molecule has 2 aromatic rings. The SMILES string of the molecule is COc1ccc(Oc2cc(C(=O)O)ccc2N)c(Br)c1. The van der Waals surface area contributed by atoms with Gasteiger partial charge in [0, 0.05) is 0 Å². The molecule has 0 radical (unpaired) electrons. The van der Waals surface area contributed by atoms with Crippen LogP contribution in [0.1, 0.15) is 10.4 Å². The number of carboxylic acid groups (broad SMARTS) is 1. The van der Waals surface area contributed by atoms with E-state index in [1.807, 2.05) is 0 Å². The smallest absolute Gasteiger partial charge is 0.335 e. The average molecular weight is 338 g/mol. The van der Waals surface area contributed by atoms with Crippen LogP contribution in [0.2, 0.25) is 0 Å². The van der Waals surface area contributed by atoms with Gasteiger partial charge in [0.15, 0.2) is 5.75 Å². The Hall–Kier alpha value is -2.21. The molecule has 0 fully saturated rings. The van der Waals surface area contributed by atoms with E-state index in [0.717, 1.165) is 0 Å². The van der Waals surface area contributed by atoms with Crippen LogP contribution < -0.4 is 15.2 Å². The number of nitrogen functional groups attached to an aromatic ring is 1. The summed E-state index contributed by atoms with van der Waals surface area (Å²) in [5.41, 5.74) is 6.25. The number of ether oxygens (including phenoxy) is 2. The van der Waals surface area contributed by atoms with Crippen LogP contribution in [-0.4, -0.2) is 18.2 Å². The summed E-state index contributed by atoms with van der Waals surface area (Å²) < 4.78 is 11.4. The number of hydrogen-bond acceptors (Lipinski definition) is 4. The second kappa shape index (κ2) is 5.83. The largest absolute Gasteiger partial charge is 0.497 e. The van der Waals surface area contributed by atoms with Crippen molar-refractivity contribution in [2.45, 2.75) is 0 Å². The minimum absolute atomic E-state index is 0.110. The van der Waals surface area contributed by atoms with Crippen LogP contribution in [-0.2, 0) is 0 Å². The number of carboxylic acids is 1. The molecule has 5 nitrogen and oxygen atoms in total. The first-order chi connectivity index (χ1) is 9.51. The Labute approximate surface area is 124 Å². The first-order valence-corrected chi connectivity index (χ1v) is 6.45. The molecule has 0 aliphatic rings. The van der Waals surface area contributed by atoms with E-state index in [1.165, 1.54) is 18.2 Å². The quantitative estimate of drug-likeness (QED) is 0.834. The molecular weight excluding hydrogens is 326 g/mol. The lowest BCUT2D eigenvalue weighted by Gasteiger charge is -2.11. The number of halogens is 1. The van der Waals surface area contributed by atoms with Gasteiger partial charge in [-0.2, -0.15) is 0 Å². The van der Waals surface area contributed by atoms with Crippen LogP contribution >= 0.6 is 15.9 Å². The highest BCUT2D eigenvalue weighted by molar-refractivity contribution is 9.10. The van der Waals surface area contributed by atoms with E-state index in [1.54, 1.807) is 25.3 Å². The monoisotopic (exact) mass is 337 g/mol. The molecule has 0 heterocycles. The average Bonchev–Trinajstić information content (AvgIpc) is 2.42. The molecule has 0 spiro atoms. The van der Waals surface area contributed by atoms with E-state index < -0.39 is 5.97 Å². The highest BCUT2D eigenvalue weighted by atomic mass is 79.9. The highest BCUT2D eigenvalue weighted by Crippen LogP contribution is 2.35. The van der Waals surface area contributed by atoms with E-state index in [9.17, 15) is 4.79 Å². The van der Waals surface area contributed by atoms with Crippen LogP contribution in [0.5, 0.6) is 17.2 Å². The summed E-state index contributed by atoms with van der Waals surface area (Å²) in [7, 11) is 1.57. The Morgan fingerprint density at radius 2 is 1.95 bits per heavy atom. The number of hydrogen-bond donors (Lipinski definition) is 2. The predicted molar refractivity (Wildman–Crippen MR) is 78.6 cm³/mol. The first-order valence-electron chi connectivity index (χ1n) is 5.65. The molecule has 20 heavy (non-hydrogen) atoms. The molecule has 0 bridgehead atoms. The Morgan fingerprint density at radius 1 is 1.20 bits per heavy atom. The van der Waals surface area contributed by atoms with E-state index in [4.69, 9.17) is 20.3 Å². The van der Waals surface area contributed by atoms with Crippen LogP contribution in [0.15, 0.2) is 40.9 Å². The third-order valence-corrected chi connectivity index (χ3v) is 3.24. The maximum atomic E-state index is 10.9. The van der Waals surface area contributed by atoms with Crippen LogP contribution in [0.25, 0.3) is 0 Å². The highest BCUT2D eigenvalue weighted by Gasteiger charge is 2.10. The standard InChI is InChI=1S/C14H12BrNO4/c1-19-9-3-5-12(10(15)7-9)20-13-6-8(14(17)18)2-4-11(13)16/h2-7H,16H2,1H3,(H,17,18). The molecule has 3 N–H and O–H groups in total. The van der Waals surface area contributed by atoms with Gasteiger partial charge >= 0.3 is 5.97 Å². The Kier molecular flexibility index (Phi) is 4.14. The van der Waals surface area contributed by atoms with E-state index in [0.29, 0.717) is 21.7 Å². The van der Waals surface area contributed by atoms with Crippen molar-refractivity contribution in [3.63, 3.8) is 0 Å². The molecule has 0 saturated heterocycles. The van der Waals surface area contributed by atoms with E-state index in [2.05, 4.69) is 15.9 Å².